The highest BCUT2D eigenvalue weighted by atomic mass is 32.1. The third-order valence-electron chi connectivity index (χ3n) is 1.41. The fraction of sp³-hybridized carbons (Fsp3) is 0.143. The van der Waals surface area contributed by atoms with Crippen LogP contribution in [0.25, 0.3) is 10.2 Å². The van der Waals surface area contributed by atoms with Crippen LogP contribution < -0.4 is 0 Å². The molecular formula is C7H7NS. The lowest BCUT2D eigenvalue weighted by Gasteiger charge is -1.99. The Morgan fingerprint density at radius 1 is 1.44 bits per heavy atom. The van der Waals surface area contributed by atoms with Crippen molar-refractivity contribution in [3.8, 4) is 0 Å². The van der Waals surface area contributed by atoms with Crippen LogP contribution in [-0.4, -0.2) is 4.37 Å². The lowest BCUT2D eigenvalue weighted by atomic mass is 10.2. The van der Waals surface area contributed by atoms with Gasteiger partial charge in [-0.3, -0.25) is 0 Å². The summed E-state index contributed by atoms with van der Waals surface area (Å²) in [5, 5.41) is 0. The number of aromatic amines is 1. The highest BCUT2D eigenvalue weighted by molar-refractivity contribution is 7.15. The predicted molar refractivity (Wildman–Crippen MR) is 40.9 cm³/mol. The van der Waals surface area contributed by atoms with E-state index in [-0.39, 0.29) is 0 Å². The van der Waals surface area contributed by atoms with Gasteiger partial charge in [0.1, 0.15) is 0 Å². The molecule has 46 valence electrons. The molecule has 1 aromatic carbocycles. The monoisotopic (exact) mass is 137 g/mol. The molecule has 0 fully saturated rings. The van der Waals surface area contributed by atoms with Gasteiger partial charge >= 0.3 is 0 Å². The van der Waals surface area contributed by atoms with Gasteiger partial charge in [0.2, 0.25) is 0 Å². The van der Waals surface area contributed by atoms with Gasteiger partial charge in [-0.2, -0.15) is 0 Å². The van der Waals surface area contributed by atoms with Gasteiger partial charge in [-0.15, -0.1) is 0 Å². The van der Waals surface area contributed by atoms with Crippen LogP contribution in [0.3, 0.4) is 0 Å². The van der Waals surface area contributed by atoms with Crippen LogP contribution in [0.1, 0.15) is 5.56 Å². The summed E-state index contributed by atoms with van der Waals surface area (Å²) in [5.74, 6) is 0. The molecule has 1 N–H and O–H groups in total. The Morgan fingerprint density at radius 2 is 2.33 bits per heavy atom. The summed E-state index contributed by atoms with van der Waals surface area (Å²) in [6.45, 7) is 2.11. The number of H-pyrrole nitrogens is 1. The summed E-state index contributed by atoms with van der Waals surface area (Å²) >= 11 is 1.69. The molecule has 1 aromatic heterocycles. The van der Waals surface area contributed by atoms with Crippen LogP contribution in [0.5, 0.6) is 0 Å². The fourth-order valence-electron chi connectivity index (χ4n) is 0.862. The predicted octanol–water partition coefficient (Wildman–Crippen LogP) is 2.54. The highest BCUT2D eigenvalue weighted by Crippen LogP contribution is 2.20. The van der Waals surface area contributed by atoms with Crippen molar-refractivity contribution in [3.63, 3.8) is 0 Å². The molecule has 0 saturated heterocycles. The number of aromatic nitrogens is 1. The topological polar surface area (TPSA) is 15.8 Å². The molecule has 0 unspecified atom stereocenters. The second-order valence-corrected chi connectivity index (χ2v) is 3.05. The molecule has 0 atom stereocenters. The van der Waals surface area contributed by atoms with E-state index < -0.39 is 0 Å². The van der Waals surface area contributed by atoms with E-state index in [1.165, 1.54) is 15.8 Å². The maximum atomic E-state index is 3.13. The minimum Gasteiger partial charge on any atom is -0.309 e. The van der Waals surface area contributed by atoms with Gasteiger partial charge in [0.05, 0.1) is 10.2 Å². The lowest BCUT2D eigenvalue weighted by Crippen LogP contribution is -1.78. The quantitative estimate of drug-likeness (QED) is 0.574. The summed E-state index contributed by atoms with van der Waals surface area (Å²) < 4.78 is 4.50. The Morgan fingerprint density at radius 3 is 2.78 bits per heavy atom. The van der Waals surface area contributed by atoms with Gasteiger partial charge in [0.15, 0.2) is 0 Å². The van der Waals surface area contributed by atoms with Crippen molar-refractivity contribution in [3.05, 3.63) is 23.8 Å². The number of aryl methyl sites for hydroxylation is 1. The molecule has 0 aliphatic carbocycles. The van der Waals surface area contributed by atoms with Crippen LogP contribution in [-0.2, 0) is 0 Å². The van der Waals surface area contributed by atoms with Crippen molar-refractivity contribution in [2.45, 2.75) is 6.92 Å². The Bertz CT molecular complexity index is 318. The van der Waals surface area contributed by atoms with Crippen molar-refractivity contribution in [2.75, 3.05) is 0 Å². The average molecular weight is 137 g/mol. The van der Waals surface area contributed by atoms with E-state index >= 15 is 0 Å². The number of fused-ring (bicyclic) bond motifs is 1. The number of hydrogen-bond acceptors (Lipinski definition) is 1. The van der Waals surface area contributed by atoms with Crippen LogP contribution in [0.15, 0.2) is 18.2 Å². The first kappa shape index (κ1) is 5.06. The average Bonchev–Trinajstić information content (AvgIpc) is 1.78. The van der Waals surface area contributed by atoms with E-state index in [1.54, 1.807) is 11.5 Å². The van der Waals surface area contributed by atoms with Crippen LogP contribution in [0, 0.1) is 6.92 Å². The SMILES string of the molecule is Cc1ccc2[nH]sc2c1. The first-order valence-electron chi connectivity index (χ1n) is 2.90. The molecule has 0 aliphatic heterocycles. The van der Waals surface area contributed by atoms with E-state index in [4.69, 9.17) is 0 Å². The number of benzene rings is 1. The van der Waals surface area contributed by atoms with Crippen molar-refractivity contribution >= 4 is 21.7 Å². The Balaban J connectivity index is 2.78. The first-order valence-corrected chi connectivity index (χ1v) is 3.71. The maximum absolute atomic E-state index is 3.13. The molecule has 2 heteroatoms. The van der Waals surface area contributed by atoms with Gasteiger partial charge in [-0.1, -0.05) is 17.6 Å². The van der Waals surface area contributed by atoms with Crippen molar-refractivity contribution in [2.24, 2.45) is 0 Å². The summed E-state index contributed by atoms with van der Waals surface area (Å²) in [4.78, 5) is 0. The highest BCUT2D eigenvalue weighted by Gasteiger charge is 1.94. The molecule has 0 saturated carbocycles. The van der Waals surface area contributed by atoms with Crippen LogP contribution in [0.4, 0.5) is 0 Å². The standard InChI is InChI=1S/C7H7NS/c1-5-2-3-6-7(4-5)9-8-6/h2-4,8H,1H3. The van der Waals surface area contributed by atoms with Crippen LogP contribution in [0.2, 0.25) is 0 Å². The Kier molecular flexibility index (Phi) is 0.904. The van der Waals surface area contributed by atoms with E-state index in [9.17, 15) is 0 Å². The lowest BCUT2D eigenvalue weighted by molar-refractivity contribution is 1.49. The Labute approximate surface area is 57.5 Å². The minimum atomic E-state index is 1.27. The van der Waals surface area contributed by atoms with Gasteiger partial charge in [-0.05, 0) is 24.6 Å². The molecule has 9 heavy (non-hydrogen) atoms. The summed E-state index contributed by atoms with van der Waals surface area (Å²) in [7, 11) is 0. The molecule has 1 nitrogen and oxygen atoms in total. The number of nitrogens with one attached hydrogen (secondary N) is 1. The first-order chi connectivity index (χ1) is 4.36. The third-order valence-corrected chi connectivity index (χ3v) is 2.29. The van der Waals surface area contributed by atoms with Gasteiger partial charge in [0, 0.05) is 0 Å². The zero-order valence-corrected chi connectivity index (χ0v) is 5.96. The zero-order valence-electron chi connectivity index (χ0n) is 5.14. The van der Waals surface area contributed by atoms with Crippen LogP contribution >= 0.6 is 11.5 Å². The van der Waals surface area contributed by atoms with Crippen molar-refractivity contribution in [1.82, 2.24) is 4.37 Å². The van der Waals surface area contributed by atoms with Gasteiger partial charge < -0.3 is 4.37 Å². The molecule has 0 radical (unpaired) electrons. The molecule has 0 spiro atoms. The summed E-state index contributed by atoms with van der Waals surface area (Å²) in [5.41, 5.74) is 2.60. The summed E-state index contributed by atoms with van der Waals surface area (Å²) in [6, 6.07) is 6.42. The number of hydrogen-bond donors (Lipinski definition) is 1. The Hall–Kier alpha value is -0.760. The number of rotatable bonds is 0. The smallest absolute Gasteiger partial charge is 0.0686 e. The van der Waals surface area contributed by atoms with E-state index in [0.717, 1.165) is 0 Å². The minimum absolute atomic E-state index is 1.27. The van der Waals surface area contributed by atoms with Crippen molar-refractivity contribution in [1.29, 1.82) is 0 Å². The van der Waals surface area contributed by atoms with E-state index in [2.05, 4.69) is 29.5 Å². The zero-order chi connectivity index (χ0) is 6.27. The molecule has 0 aliphatic rings. The van der Waals surface area contributed by atoms with Gasteiger partial charge in [0.25, 0.3) is 0 Å². The molecule has 1 heterocycles. The van der Waals surface area contributed by atoms with E-state index in [1.807, 2.05) is 0 Å². The summed E-state index contributed by atoms with van der Waals surface area (Å²) in [6.07, 6.45) is 0. The third kappa shape index (κ3) is 0.669. The molecule has 0 bridgehead atoms. The van der Waals surface area contributed by atoms with Gasteiger partial charge in [-0.25, -0.2) is 0 Å². The second kappa shape index (κ2) is 1.61. The molecular weight excluding hydrogens is 130 g/mol. The maximum Gasteiger partial charge on any atom is 0.0686 e. The molecule has 2 aromatic rings. The normalized spacial score (nSPS) is 10.8. The second-order valence-electron chi connectivity index (χ2n) is 2.20. The largest absolute Gasteiger partial charge is 0.309 e. The fourth-order valence-corrected chi connectivity index (χ4v) is 1.58. The van der Waals surface area contributed by atoms with E-state index in [0.29, 0.717) is 0 Å². The molecule has 0 amide bonds. The van der Waals surface area contributed by atoms with Crippen molar-refractivity contribution < 1.29 is 0 Å². The molecule has 2 rings (SSSR count).